The monoisotopic (exact) mass is 347 g/mol. The standard InChI is InChI=1S/C18H21NO6/c1-3-24-15-9-12(6-7-14(15)23-2)5-4-8-19-17(20)16-10-13(11-25-16)18(21)22/h6-7,9-11H,3-5,8H2,1-2H3,(H,19,20)(H,21,22). The Kier molecular flexibility index (Phi) is 6.45. The van der Waals surface area contributed by atoms with E-state index in [-0.39, 0.29) is 11.3 Å². The topological polar surface area (TPSA) is 98.0 Å². The van der Waals surface area contributed by atoms with Crippen molar-refractivity contribution >= 4 is 11.9 Å². The molecule has 0 saturated heterocycles. The minimum atomic E-state index is -1.13. The van der Waals surface area contributed by atoms with Crippen molar-refractivity contribution in [3.05, 3.63) is 47.4 Å². The summed E-state index contributed by atoms with van der Waals surface area (Å²) in [6.07, 6.45) is 2.52. The smallest absolute Gasteiger partial charge is 0.338 e. The number of carboxylic acids is 1. The van der Waals surface area contributed by atoms with E-state index in [1.54, 1.807) is 7.11 Å². The Labute approximate surface area is 145 Å². The summed E-state index contributed by atoms with van der Waals surface area (Å²) < 4.78 is 15.7. The van der Waals surface area contributed by atoms with Gasteiger partial charge in [0.15, 0.2) is 17.3 Å². The number of carbonyl (C=O) groups excluding carboxylic acids is 1. The van der Waals surface area contributed by atoms with Crippen LogP contribution in [0.25, 0.3) is 0 Å². The number of carbonyl (C=O) groups is 2. The normalized spacial score (nSPS) is 10.3. The van der Waals surface area contributed by atoms with E-state index in [2.05, 4.69) is 5.32 Å². The fourth-order valence-electron chi connectivity index (χ4n) is 2.29. The number of benzene rings is 1. The zero-order valence-corrected chi connectivity index (χ0v) is 14.2. The van der Waals surface area contributed by atoms with Gasteiger partial charge in [0.05, 0.1) is 19.3 Å². The van der Waals surface area contributed by atoms with Crippen molar-refractivity contribution in [2.24, 2.45) is 0 Å². The van der Waals surface area contributed by atoms with Crippen molar-refractivity contribution in [1.29, 1.82) is 0 Å². The summed E-state index contributed by atoms with van der Waals surface area (Å²) >= 11 is 0. The van der Waals surface area contributed by atoms with Gasteiger partial charge in [-0.1, -0.05) is 6.07 Å². The van der Waals surface area contributed by atoms with E-state index in [4.69, 9.17) is 19.0 Å². The van der Waals surface area contributed by atoms with Gasteiger partial charge in [0, 0.05) is 12.6 Å². The summed E-state index contributed by atoms with van der Waals surface area (Å²) in [5.41, 5.74) is 1.02. The van der Waals surface area contributed by atoms with Gasteiger partial charge in [-0.05, 0) is 37.5 Å². The molecule has 0 fully saturated rings. The maximum absolute atomic E-state index is 11.9. The van der Waals surface area contributed by atoms with Crippen LogP contribution in [0, 0.1) is 0 Å². The number of methoxy groups -OCH3 is 1. The lowest BCUT2D eigenvalue weighted by atomic mass is 10.1. The van der Waals surface area contributed by atoms with Crippen LogP contribution >= 0.6 is 0 Å². The molecule has 1 heterocycles. The van der Waals surface area contributed by atoms with Crippen LogP contribution in [0.3, 0.4) is 0 Å². The summed E-state index contributed by atoms with van der Waals surface area (Å²) in [4.78, 5) is 22.6. The van der Waals surface area contributed by atoms with E-state index in [9.17, 15) is 9.59 Å². The highest BCUT2D eigenvalue weighted by molar-refractivity contribution is 5.95. The highest BCUT2D eigenvalue weighted by Gasteiger charge is 2.14. The Morgan fingerprint density at radius 3 is 2.68 bits per heavy atom. The highest BCUT2D eigenvalue weighted by Crippen LogP contribution is 2.28. The van der Waals surface area contributed by atoms with Crippen LogP contribution in [0.1, 0.15) is 39.8 Å². The van der Waals surface area contributed by atoms with E-state index in [0.717, 1.165) is 24.7 Å². The zero-order valence-electron chi connectivity index (χ0n) is 14.2. The van der Waals surface area contributed by atoms with Gasteiger partial charge in [-0.2, -0.15) is 0 Å². The molecule has 0 unspecified atom stereocenters. The molecule has 134 valence electrons. The van der Waals surface area contributed by atoms with Crippen LogP contribution in [-0.4, -0.2) is 37.2 Å². The average Bonchev–Trinajstić information content (AvgIpc) is 3.09. The molecule has 0 atom stereocenters. The molecule has 2 N–H and O–H groups in total. The maximum Gasteiger partial charge on any atom is 0.338 e. The lowest BCUT2D eigenvalue weighted by molar-refractivity contribution is 0.0695. The zero-order chi connectivity index (χ0) is 18.2. The van der Waals surface area contributed by atoms with E-state index in [1.165, 1.54) is 6.07 Å². The molecule has 0 radical (unpaired) electrons. The number of aryl methyl sites for hydroxylation is 1. The number of hydrogen-bond acceptors (Lipinski definition) is 5. The third kappa shape index (κ3) is 5.00. The third-order valence-electron chi connectivity index (χ3n) is 3.53. The molecule has 1 aromatic heterocycles. The number of furan rings is 1. The van der Waals surface area contributed by atoms with Gasteiger partial charge in [0.25, 0.3) is 5.91 Å². The van der Waals surface area contributed by atoms with Gasteiger partial charge in [0.2, 0.25) is 0 Å². The van der Waals surface area contributed by atoms with Crippen LogP contribution in [-0.2, 0) is 6.42 Å². The van der Waals surface area contributed by atoms with E-state index < -0.39 is 11.9 Å². The Morgan fingerprint density at radius 2 is 2.04 bits per heavy atom. The summed E-state index contributed by atoms with van der Waals surface area (Å²) in [5.74, 6) is -0.195. The first-order chi connectivity index (χ1) is 12.0. The number of amides is 1. The molecular formula is C18H21NO6. The minimum Gasteiger partial charge on any atom is -0.493 e. The molecule has 7 heteroatoms. The molecule has 2 rings (SSSR count). The van der Waals surface area contributed by atoms with Crippen molar-refractivity contribution in [3.8, 4) is 11.5 Å². The van der Waals surface area contributed by atoms with Crippen LogP contribution in [0.2, 0.25) is 0 Å². The largest absolute Gasteiger partial charge is 0.493 e. The van der Waals surface area contributed by atoms with Crippen molar-refractivity contribution < 1.29 is 28.6 Å². The first-order valence-corrected chi connectivity index (χ1v) is 7.95. The average molecular weight is 347 g/mol. The van der Waals surface area contributed by atoms with Crippen LogP contribution < -0.4 is 14.8 Å². The maximum atomic E-state index is 11.9. The third-order valence-corrected chi connectivity index (χ3v) is 3.53. The number of aromatic carboxylic acids is 1. The van der Waals surface area contributed by atoms with E-state index >= 15 is 0 Å². The molecule has 0 bridgehead atoms. The predicted molar refractivity (Wildman–Crippen MR) is 90.5 cm³/mol. The molecule has 1 aromatic carbocycles. The van der Waals surface area contributed by atoms with Gasteiger partial charge in [0.1, 0.15) is 6.26 Å². The number of hydrogen-bond donors (Lipinski definition) is 2. The molecule has 25 heavy (non-hydrogen) atoms. The fraction of sp³-hybridized carbons (Fsp3) is 0.333. The Hall–Kier alpha value is -2.96. The molecule has 0 aliphatic carbocycles. The van der Waals surface area contributed by atoms with Gasteiger partial charge >= 0.3 is 5.97 Å². The van der Waals surface area contributed by atoms with Crippen molar-refractivity contribution in [2.75, 3.05) is 20.3 Å². The van der Waals surface area contributed by atoms with Crippen LogP contribution in [0.4, 0.5) is 0 Å². The lowest BCUT2D eigenvalue weighted by Gasteiger charge is -2.11. The molecule has 2 aromatic rings. The van der Waals surface area contributed by atoms with Crippen molar-refractivity contribution in [2.45, 2.75) is 19.8 Å². The van der Waals surface area contributed by atoms with Gasteiger partial charge in [-0.15, -0.1) is 0 Å². The number of carboxylic acid groups (broad SMARTS) is 1. The van der Waals surface area contributed by atoms with Gasteiger partial charge in [-0.25, -0.2) is 4.79 Å². The molecule has 0 aliphatic heterocycles. The summed E-state index contributed by atoms with van der Waals surface area (Å²) in [6.45, 7) is 2.90. The van der Waals surface area contributed by atoms with E-state index in [1.807, 2.05) is 25.1 Å². The molecule has 7 nitrogen and oxygen atoms in total. The van der Waals surface area contributed by atoms with Gasteiger partial charge in [-0.3, -0.25) is 4.79 Å². The second-order valence-electron chi connectivity index (χ2n) is 5.28. The van der Waals surface area contributed by atoms with Crippen LogP contribution in [0.5, 0.6) is 11.5 Å². The molecule has 0 aliphatic rings. The molecule has 0 saturated carbocycles. The van der Waals surface area contributed by atoms with Crippen molar-refractivity contribution in [1.82, 2.24) is 5.32 Å². The van der Waals surface area contributed by atoms with Crippen LogP contribution in [0.15, 0.2) is 34.9 Å². The van der Waals surface area contributed by atoms with Crippen molar-refractivity contribution in [3.63, 3.8) is 0 Å². The SMILES string of the molecule is CCOc1cc(CCCNC(=O)c2cc(C(=O)O)co2)ccc1OC. The summed E-state index contributed by atoms with van der Waals surface area (Å²) in [6, 6.07) is 6.94. The number of nitrogens with one attached hydrogen (secondary N) is 1. The fourth-order valence-corrected chi connectivity index (χ4v) is 2.29. The summed E-state index contributed by atoms with van der Waals surface area (Å²) in [7, 11) is 1.59. The quantitative estimate of drug-likeness (QED) is 0.677. The Balaban J connectivity index is 1.83. The first kappa shape index (κ1) is 18.4. The van der Waals surface area contributed by atoms with Gasteiger partial charge < -0.3 is 24.3 Å². The number of rotatable bonds is 9. The summed E-state index contributed by atoms with van der Waals surface area (Å²) in [5, 5.41) is 11.5. The lowest BCUT2D eigenvalue weighted by Crippen LogP contribution is -2.24. The Bertz CT molecular complexity index is 737. The number of ether oxygens (including phenoxy) is 2. The second-order valence-corrected chi connectivity index (χ2v) is 5.28. The minimum absolute atomic E-state index is 0.0134. The van der Waals surface area contributed by atoms with E-state index in [0.29, 0.717) is 24.7 Å². The Morgan fingerprint density at radius 1 is 1.24 bits per heavy atom. The first-order valence-electron chi connectivity index (χ1n) is 7.95. The molecular weight excluding hydrogens is 326 g/mol. The molecule has 1 amide bonds. The molecule has 0 spiro atoms. The predicted octanol–water partition coefficient (Wildman–Crippen LogP) is 2.75. The second kappa shape index (κ2) is 8.77. The highest BCUT2D eigenvalue weighted by atomic mass is 16.5.